The third kappa shape index (κ3) is 5.57. The summed E-state index contributed by atoms with van der Waals surface area (Å²) in [4.78, 5) is 20.3. The van der Waals surface area contributed by atoms with Crippen LogP contribution in [0.3, 0.4) is 0 Å². The lowest BCUT2D eigenvalue weighted by Gasteiger charge is -2.34. The van der Waals surface area contributed by atoms with Gasteiger partial charge in [-0.1, -0.05) is 24.2 Å². The fourth-order valence-electron chi connectivity index (χ4n) is 4.55. The molecule has 1 saturated heterocycles. The van der Waals surface area contributed by atoms with Crippen LogP contribution in [0.4, 0.5) is 27.0 Å². The van der Waals surface area contributed by atoms with Gasteiger partial charge in [0.25, 0.3) is 0 Å². The highest BCUT2D eigenvalue weighted by Crippen LogP contribution is 2.35. The molecule has 0 spiro atoms. The van der Waals surface area contributed by atoms with Crippen LogP contribution in [-0.2, 0) is 10.0 Å². The van der Waals surface area contributed by atoms with E-state index in [1.807, 2.05) is 13.0 Å². The van der Waals surface area contributed by atoms with Gasteiger partial charge in [0.1, 0.15) is 11.5 Å². The van der Waals surface area contributed by atoms with Gasteiger partial charge >= 0.3 is 0 Å². The average molecular weight is 533 g/mol. The van der Waals surface area contributed by atoms with Crippen LogP contribution in [0.2, 0.25) is 0 Å². The zero-order valence-electron chi connectivity index (χ0n) is 20.2. The minimum absolute atomic E-state index is 0.210. The molecule has 0 radical (unpaired) electrons. The highest BCUT2D eigenvalue weighted by atomic mass is 32.2. The van der Waals surface area contributed by atoms with Crippen molar-refractivity contribution >= 4 is 43.9 Å². The van der Waals surface area contributed by atoms with Gasteiger partial charge in [-0.05, 0) is 31.9 Å². The van der Waals surface area contributed by atoms with Gasteiger partial charge in [-0.2, -0.15) is 4.31 Å². The number of aromatic nitrogens is 4. The Kier molecular flexibility index (Phi) is 7.04. The minimum atomic E-state index is -3.17. The van der Waals surface area contributed by atoms with Crippen molar-refractivity contribution < 1.29 is 12.8 Å². The summed E-state index contributed by atoms with van der Waals surface area (Å²) in [7, 11) is -3.17. The van der Waals surface area contributed by atoms with E-state index in [-0.39, 0.29) is 11.6 Å². The van der Waals surface area contributed by atoms with Gasteiger partial charge in [-0.3, -0.25) is 0 Å². The van der Waals surface area contributed by atoms with Gasteiger partial charge in [0, 0.05) is 32.2 Å². The van der Waals surface area contributed by atoms with Crippen molar-refractivity contribution in [2.45, 2.75) is 38.6 Å². The second kappa shape index (κ2) is 10.2. The topological polar surface area (TPSA) is 116 Å². The molecule has 1 saturated carbocycles. The summed E-state index contributed by atoms with van der Waals surface area (Å²) in [5, 5.41) is 7.30. The number of hydrogen-bond acceptors (Lipinski definition) is 10. The maximum absolute atomic E-state index is 14.7. The molecule has 5 rings (SSSR count). The van der Waals surface area contributed by atoms with Crippen molar-refractivity contribution in [2.24, 2.45) is 0 Å². The van der Waals surface area contributed by atoms with E-state index in [0.29, 0.717) is 42.9 Å². The van der Waals surface area contributed by atoms with Gasteiger partial charge in [-0.15, -0.1) is 0 Å². The van der Waals surface area contributed by atoms with Crippen LogP contribution in [0.15, 0.2) is 24.5 Å². The van der Waals surface area contributed by atoms with E-state index in [2.05, 4.69) is 35.5 Å². The van der Waals surface area contributed by atoms with E-state index in [1.165, 1.54) is 34.7 Å². The molecule has 3 aromatic heterocycles. The Balaban J connectivity index is 1.27. The summed E-state index contributed by atoms with van der Waals surface area (Å²) >= 11 is 1.41. The standard InChI is InChI=1S/C23H29FN8O2S2/c1-15-21(35-23(27-15)28-16-5-3-4-6-16)20-18(24)14-26-22(30-20)29-19-8-7-17(13-25-19)31-9-11-32(12-10-31)36(2,33)34/h7-8,13-14,16H,3-6,9-12H2,1-2H3,(H,27,28)(H,25,26,29,30). The minimum Gasteiger partial charge on any atom is -0.368 e. The number of anilines is 4. The van der Waals surface area contributed by atoms with Crippen LogP contribution in [0, 0.1) is 12.7 Å². The molecule has 0 unspecified atom stereocenters. The largest absolute Gasteiger partial charge is 0.368 e. The number of hydrogen-bond donors (Lipinski definition) is 2. The molecular formula is C23H29FN8O2S2. The Morgan fingerprint density at radius 3 is 2.47 bits per heavy atom. The summed E-state index contributed by atoms with van der Waals surface area (Å²) in [5.74, 6) is 0.262. The Bertz CT molecular complexity index is 1320. The quantitative estimate of drug-likeness (QED) is 0.471. The Morgan fingerprint density at radius 2 is 1.81 bits per heavy atom. The average Bonchev–Trinajstić information content (AvgIpc) is 3.50. The van der Waals surface area contributed by atoms with Gasteiger partial charge in [-0.25, -0.2) is 32.7 Å². The number of halogens is 1. The number of nitrogens with zero attached hydrogens (tertiary/aromatic N) is 6. The normalized spacial score (nSPS) is 17.5. The first kappa shape index (κ1) is 24.8. The van der Waals surface area contributed by atoms with Gasteiger partial charge in [0.05, 0.1) is 34.9 Å². The Hall–Kier alpha value is -2.90. The maximum Gasteiger partial charge on any atom is 0.229 e. The van der Waals surface area contributed by atoms with E-state index < -0.39 is 15.8 Å². The molecule has 1 aliphatic heterocycles. The predicted octanol–water partition coefficient (Wildman–Crippen LogP) is 3.62. The molecule has 13 heteroatoms. The van der Waals surface area contributed by atoms with E-state index >= 15 is 0 Å². The molecule has 0 aromatic carbocycles. The second-order valence-electron chi connectivity index (χ2n) is 9.13. The van der Waals surface area contributed by atoms with Crippen molar-refractivity contribution in [3.8, 4) is 10.6 Å². The molecule has 2 N–H and O–H groups in total. The summed E-state index contributed by atoms with van der Waals surface area (Å²) in [6.45, 7) is 3.94. The lowest BCUT2D eigenvalue weighted by Crippen LogP contribution is -2.48. The molecule has 0 bridgehead atoms. The monoisotopic (exact) mass is 532 g/mol. The molecule has 3 aromatic rings. The zero-order chi connectivity index (χ0) is 25.3. The molecule has 0 amide bonds. The highest BCUT2D eigenvalue weighted by molar-refractivity contribution is 7.88. The van der Waals surface area contributed by atoms with Crippen LogP contribution in [-0.4, -0.2) is 71.1 Å². The lowest BCUT2D eigenvalue weighted by molar-refractivity contribution is 0.388. The number of thiazole rings is 1. The molecule has 1 aliphatic carbocycles. The van der Waals surface area contributed by atoms with Gasteiger partial charge in [0.2, 0.25) is 16.0 Å². The van der Waals surface area contributed by atoms with Crippen LogP contribution in [0.1, 0.15) is 31.4 Å². The number of nitrogens with one attached hydrogen (secondary N) is 2. The Morgan fingerprint density at radius 1 is 1.06 bits per heavy atom. The van der Waals surface area contributed by atoms with Crippen LogP contribution < -0.4 is 15.5 Å². The summed E-state index contributed by atoms with van der Waals surface area (Å²) in [5.41, 5.74) is 1.84. The van der Waals surface area contributed by atoms with Crippen molar-refractivity contribution in [1.29, 1.82) is 0 Å². The van der Waals surface area contributed by atoms with E-state index in [9.17, 15) is 12.8 Å². The SMILES string of the molecule is Cc1nc(NC2CCCC2)sc1-c1nc(Nc2ccc(N3CCN(S(C)(=O)=O)CC3)cn2)ncc1F. The number of piperazine rings is 1. The third-order valence-corrected chi connectivity index (χ3v) is 8.90. The van der Waals surface area contributed by atoms with E-state index in [4.69, 9.17) is 0 Å². The molecule has 2 fully saturated rings. The Labute approximate surface area is 214 Å². The number of rotatable bonds is 7. The van der Waals surface area contributed by atoms with Gasteiger partial charge < -0.3 is 15.5 Å². The number of sulfonamides is 1. The zero-order valence-corrected chi connectivity index (χ0v) is 21.9. The summed E-state index contributed by atoms with van der Waals surface area (Å²) < 4.78 is 39.6. The van der Waals surface area contributed by atoms with Crippen LogP contribution >= 0.6 is 11.3 Å². The molecule has 10 nitrogen and oxygen atoms in total. The smallest absolute Gasteiger partial charge is 0.229 e. The second-order valence-corrected chi connectivity index (χ2v) is 12.1. The molecule has 4 heterocycles. The van der Waals surface area contributed by atoms with Crippen molar-refractivity contribution in [2.75, 3.05) is 48.0 Å². The molecular weight excluding hydrogens is 503 g/mol. The van der Waals surface area contributed by atoms with E-state index in [1.54, 1.807) is 12.3 Å². The summed E-state index contributed by atoms with van der Waals surface area (Å²) in [6.07, 6.45) is 8.81. The number of aryl methyl sites for hydroxylation is 1. The fourth-order valence-corrected chi connectivity index (χ4v) is 6.41. The van der Waals surface area contributed by atoms with E-state index in [0.717, 1.165) is 35.6 Å². The van der Waals surface area contributed by atoms with Crippen molar-refractivity contribution in [1.82, 2.24) is 24.2 Å². The first-order valence-electron chi connectivity index (χ1n) is 12.0. The van der Waals surface area contributed by atoms with Crippen molar-refractivity contribution in [3.05, 3.63) is 36.0 Å². The van der Waals surface area contributed by atoms with Crippen LogP contribution in [0.25, 0.3) is 10.6 Å². The first-order valence-corrected chi connectivity index (χ1v) is 14.6. The van der Waals surface area contributed by atoms with Crippen LogP contribution in [0.5, 0.6) is 0 Å². The number of pyridine rings is 1. The molecule has 192 valence electrons. The molecule has 0 atom stereocenters. The summed E-state index contributed by atoms with van der Waals surface area (Å²) in [6, 6.07) is 4.13. The molecule has 36 heavy (non-hydrogen) atoms. The lowest BCUT2D eigenvalue weighted by atomic mass is 10.2. The fraction of sp³-hybridized carbons (Fsp3) is 0.478. The van der Waals surface area contributed by atoms with Gasteiger partial charge in [0.15, 0.2) is 10.9 Å². The first-order chi connectivity index (χ1) is 17.3. The van der Waals surface area contributed by atoms with Crippen molar-refractivity contribution in [3.63, 3.8) is 0 Å². The maximum atomic E-state index is 14.7. The predicted molar refractivity (Wildman–Crippen MR) is 140 cm³/mol. The molecule has 2 aliphatic rings. The third-order valence-electron chi connectivity index (χ3n) is 6.50. The highest BCUT2D eigenvalue weighted by Gasteiger charge is 2.24.